The van der Waals surface area contributed by atoms with Gasteiger partial charge in [-0.3, -0.25) is 9.36 Å². The highest BCUT2D eigenvalue weighted by Crippen LogP contribution is 2.19. The second kappa shape index (κ2) is 5.96. The minimum atomic E-state index is -0.0801. The number of benzene rings is 1. The average Bonchev–Trinajstić information content (AvgIpc) is 2.71. The van der Waals surface area contributed by atoms with Crippen LogP contribution in [0.2, 0.25) is 0 Å². The van der Waals surface area contributed by atoms with Gasteiger partial charge >= 0.3 is 0 Å². The van der Waals surface area contributed by atoms with E-state index in [-0.39, 0.29) is 11.7 Å². The molecule has 0 aliphatic rings. The largest absolute Gasteiger partial charge is 0.368 e. The van der Waals surface area contributed by atoms with E-state index in [0.717, 1.165) is 11.3 Å². The molecule has 2 aromatic rings. The van der Waals surface area contributed by atoms with Crippen LogP contribution in [-0.4, -0.2) is 26.4 Å². The Kier molecular flexibility index (Phi) is 4.29. The van der Waals surface area contributed by atoms with Gasteiger partial charge in [0.05, 0.1) is 5.75 Å². The number of hydrogen-bond acceptors (Lipinski definition) is 5. The molecular formula is C13H17N5OS. The predicted octanol–water partition coefficient (Wildman–Crippen LogP) is 1.74. The average molecular weight is 291 g/mol. The number of aromatic nitrogens is 3. The Morgan fingerprint density at radius 2 is 2.15 bits per heavy atom. The van der Waals surface area contributed by atoms with Crippen molar-refractivity contribution in [1.29, 1.82) is 0 Å². The van der Waals surface area contributed by atoms with E-state index < -0.39 is 0 Å². The normalized spacial score (nSPS) is 10.6. The molecule has 1 aromatic heterocycles. The number of nitrogens with one attached hydrogen (secondary N) is 1. The number of carbonyl (C=O) groups is 1. The number of aryl methyl sites for hydroxylation is 2. The standard InChI is InChI=1S/C13H17N5OS/c1-8-4-5-10(9(2)6-8)15-11(19)7-20-13-17-16-12(14)18(13)3/h4-6H,7H2,1-3H3,(H2,14,16)(H,15,19). The SMILES string of the molecule is Cc1ccc(NC(=O)CSc2nnc(N)n2C)c(C)c1. The van der Waals surface area contributed by atoms with Gasteiger partial charge in [-0.15, -0.1) is 10.2 Å². The molecule has 0 bridgehead atoms. The van der Waals surface area contributed by atoms with Gasteiger partial charge < -0.3 is 11.1 Å². The van der Waals surface area contributed by atoms with Crippen LogP contribution < -0.4 is 11.1 Å². The van der Waals surface area contributed by atoms with Crippen LogP contribution in [0.25, 0.3) is 0 Å². The lowest BCUT2D eigenvalue weighted by atomic mass is 10.1. The molecule has 0 unspecified atom stereocenters. The molecule has 0 aliphatic heterocycles. The molecule has 0 aliphatic carbocycles. The topological polar surface area (TPSA) is 85.8 Å². The van der Waals surface area contributed by atoms with E-state index >= 15 is 0 Å². The number of anilines is 2. The first-order valence-electron chi connectivity index (χ1n) is 6.12. The zero-order valence-electron chi connectivity index (χ0n) is 11.7. The number of amides is 1. The van der Waals surface area contributed by atoms with Crippen LogP contribution >= 0.6 is 11.8 Å². The first-order chi connectivity index (χ1) is 9.47. The molecule has 1 amide bonds. The number of carbonyl (C=O) groups excluding carboxylic acids is 1. The van der Waals surface area contributed by atoms with Crippen molar-refractivity contribution in [3.05, 3.63) is 29.3 Å². The Balaban J connectivity index is 1.94. The van der Waals surface area contributed by atoms with E-state index in [1.54, 1.807) is 11.6 Å². The van der Waals surface area contributed by atoms with Crippen molar-refractivity contribution in [1.82, 2.24) is 14.8 Å². The smallest absolute Gasteiger partial charge is 0.234 e. The summed E-state index contributed by atoms with van der Waals surface area (Å²) in [4.78, 5) is 11.9. The van der Waals surface area contributed by atoms with Gasteiger partial charge in [-0.2, -0.15) is 0 Å². The molecule has 0 radical (unpaired) electrons. The predicted molar refractivity (Wildman–Crippen MR) is 80.7 cm³/mol. The summed E-state index contributed by atoms with van der Waals surface area (Å²) in [5.74, 6) is 0.519. The van der Waals surface area contributed by atoms with Crippen molar-refractivity contribution >= 4 is 29.3 Å². The Hall–Kier alpha value is -2.02. The summed E-state index contributed by atoms with van der Waals surface area (Å²) >= 11 is 1.30. The van der Waals surface area contributed by atoms with Crippen LogP contribution in [0.1, 0.15) is 11.1 Å². The van der Waals surface area contributed by atoms with E-state index in [2.05, 4.69) is 15.5 Å². The van der Waals surface area contributed by atoms with Crippen LogP contribution in [0.4, 0.5) is 11.6 Å². The van der Waals surface area contributed by atoms with Crippen molar-refractivity contribution in [3.63, 3.8) is 0 Å². The van der Waals surface area contributed by atoms with Crippen molar-refractivity contribution < 1.29 is 4.79 Å². The summed E-state index contributed by atoms with van der Waals surface area (Å²) in [6.07, 6.45) is 0. The monoisotopic (exact) mass is 291 g/mol. The van der Waals surface area contributed by atoms with Crippen molar-refractivity contribution in [3.8, 4) is 0 Å². The third-order valence-electron chi connectivity index (χ3n) is 2.86. The molecule has 1 heterocycles. The molecule has 3 N–H and O–H groups in total. The highest BCUT2D eigenvalue weighted by atomic mass is 32.2. The molecule has 0 saturated carbocycles. The highest BCUT2D eigenvalue weighted by Gasteiger charge is 2.10. The van der Waals surface area contributed by atoms with Gasteiger partial charge in [-0.1, -0.05) is 29.5 Å². The van der Waals surface area contributed by atoms with Gasteiger partial charge in [0.25, 0.3) is 0 Å². The van der Waals surface area contributed by atoms with Crippen LogP contribution in [-0.2, 0) is 11.8 Å². The highest BCUT2D eigenvalue weighted by molar-refractivity contribution is 7.99. The first kappa shape index (κ1) is 14.4. The third kappa shape index (κ3) is 3.30. The van der Waals surface area contributed by atoms with Crippen LogP contribution in [0.15, 0.2) is 23.4 Å². The molecule has 0 saturated heterocycles. The number of nitrogen functional groups attached to an aromatic ring is 1. The summed E-state index contributed by atoms with van der Waals surface area (Å²) in [6, 6.07) is 5.92. The van der Waals surface area contributed by atoms with Crippen molar-refractivity contribution in [2.75, 3.05) is 16.8 Å². The Morgan fingerprint density at radius 3 is 2.75 bits per heavy atom. The fourth-order valence-electron chi connectivity index (χ4n) is 1.72. The molecule has 106 valence electrons. The van der Waals surface area contributed by atoms with Crippen LogP contribution in [0, 0.1) is 13.8 Å². The second-order valence-corrected chi connectivity index (χ2v) is 5.50. The molecular weight excluding hydrogens is 274 g/mol. The zero-order valence-corrected chi connectivity index (χ0v) is 12.5. The molecule has 6 nitrogen and oxygen atoms in total. The first-order valence-corrected chi connectivity index (χ1v) is 7.10. The van der Waals surface area contributed by atoms with E-state index in [1.807, 2.05) is 32.0 Å². The number of thioether (sulfide) groups is 1. The van der Waals surface area contributed by atoms with Gasteiger partial charge in [0, 0.05) is 12.7 Å². The fraction of sp³-hybridized carbons (Fsp3) is 0.308. The fourth-order valence-corrected chi connectivity index (χ4v) is 2.44. The lowest BCUT2D eigenvalue weighted by molar-refractivity contribution is -0.113. The van der Waals surface area contributed by atoms with E-state index in [4.69, 9.17) is 5.73 Å². The summed E-state index contributed by atoms with van der Waals surface area (Å²) in [6.45, 7) is 3.99. The molecule has 0 spiro atoms. The number of hydrogen-bond donors (Lipinski definition) is 2. The van der Waals surface area contributed by atoms with E-state index in [9.17, 15) is 4.79 Å². The van der Waals surface area contributed by atoms with E-state index in [1.165, 1.54) is 17.3 Å². The number of nitrogens with two attached hydrogens (primary N) is 1. The van der Waals surface area contributed by atoms with Gasteiger partial charge in [-0.25, -0.2) is 0 Å². The lowest BCUT2D eigenvalue weighted by Crippen LogP contribution is -2.15. The maximum absolute atomic E-state index is 11.9. The van der Waals surface area contributed by atoms with Gasteiger partial charge in [0.15, 0.2) is 5.16 Å². The van der Waals surface area contributed by atoms with Gasteiger partial charge in [0.2, 0.25) is 11.9 Å². The Labute approximate surface area is 121 Å². The molecule has 0 atom stereocenters. The molecule has 20 heavy (non-hydrogen) atoms. The number of nitrogens with zero attached hydrogens (tertiary/aromatic N) is 3. The van der Waals surface area contributed by atoms with Crippen LogP contribution in [0.5, 0.6) is 0 Å². The Morgan fingerprint density at radius 1 is 1.40 bits per heavy atom. The Bertz CT molecular complexity index is 638. The summed E-state index contributed by atoms with van der Waals surface area (Å²) in [7, 11) is 1.76. The minimum Gasteiger partial charge on any atom is -0.368 e. The number of rotatable bonds is 4. The van der Waals surface area contributed by atoms with Crippen molar-refractivity contribution in [2.24, 2.45) is 7.05 Å². The molecule has 0 fully saturated rings. The van der Waals surface area contributed by atoms with Gasteiger partial charge in [0.1, 0.15) is 0 Å². The molecule has 1 aromatic carbocycles. The second-order valence-electron chi connectivity index (χ2n) is 4.56. The third-order valence-corrected chi connectivity index (χ3v) is 3.88. The quantitative estimate of drug-likeness (QED) is 0.838. The van der Waals surface area contributed by atoms with E-state index in [0.29, 0.717) is 11.1 Å². The summed E-state index contributed by atoms with van der Waals surface area (Å²) < 4.78 is 1.65. The minimum absolute atomic E-state index is 0.0801. The molecule has 7 heteroatoms. The zero-order chi connectivity index (χ0) is 14.7. The lowest BCUT2D eigenvalue weighted by Gasteiger charge is -2.08. The maximum atomic E-state index is 11.9. The summed E-state index contributed by atoms with van der Waals surface area (Å²) in [5, 5.41) is 11.1. The summed E-state index contributed by atoms with van der Waals surface area (Å²) in [5.41, 5.74) is 8.63. The van der Waals surface area contributed by atoms with Crippen molar-refractivity contribution in [2.45, 2.75) is 19.0 Å². The van der Waals surface area contributed by atoms with Gasteiger partial charge in [-0.05, 0) is 25.5 Å². The maximum Gasteiger partial charge on any atom is 0.234 e. The van der Waals surface area contributed by atoms with Crippen LogP contribution in [0.3, 0.4) is 0 Å². The molecule has 2 rings (SSSR count).